The number of ether oxygens (including phenoxy) is 2. The highest BCUT2D eigenvalue weighted by atomic mass is 16.6. The van der Waals surface area contributed by atoms with E-state index < -0.39 is 6.09 Å². The number of nitrogens with zero attached hydrogens (tertiary/aromatic N) is 1. The van der Waals surface area contributed by atoms with Crippen LogP contribution in [0.1, 0.15) is 25.5 Å². The van der Waals surface area contributed by atoms with Crippen LogP contribution in [0.15, 0.2) is 34.9 Å². The first kappa shape index (κ1) is 14.9. The number of unbranched alkanes of at least 4 members (excludes halogenated alkanes) is 1. The molecule has 2 rings (SSSR count). The fourth-order valence-corrected chi connectivity index (χ4v) is 1.72. The third kappa shape index (κ3) is 4.52. The third-order valence-electron chi connectivity index (χ3n) is 2.83. The zero-order valence-corrected chi connectivity index (χ0v) is 11.9. The van der Waals surface area contributed by atoms with Crippen LogP contribution in [0.25, 0.3) is 11.3 Å². The van der Waals surface area contributed by atoms with Crippen molar-refractivity contribution < 1.29 is 18.8 Å². The van der Waals surface area contributed by atoms with Gasteiger partial charge < -0.3 is 19.7 Å². The Morgan fingerprint density at radius 2 is 2.10 bits per heavy atom. The van der Waals surface area contributed by atoms with E-state index in [0.717, 1.165) is 24.2 Å². The fourth-order valence-electron chi connectivity index (χ4n) is 1.72. The zero-order chi connectivity index (χ0) is 15.1. The molecule has 6 nitrogen and oxygen atoms in total. The summed E-state index contributed by atoms with van der Waals surface area (Å²) in [6.07, 6.45) is 1.29. The molecule has 2 N–H and O–H groups in total. The van der Waals surface area contributed by atoms with Crippen molar-refractivity contribution in [1.29, 1.82) is 0 Å². The Morgan fingerprint density at radius 3 is 2.76 bits per heavy atom. The molecule has 0 atom stereocenters. The first-order chi connectivity index (χ1) is 10.2. The smallest absolute Gasteiger partial charge is 0.404 e. The second-order valence-corrected chi connectivity index (χ2v) is 4.51. The summed E-state index contributed by atoms with van der Waals surface area (Å²) in [5.41, 5.74) is 6.45. The summed E-state index contributed by atoms with van der Waals surface area (Å²) in [7, 11) is 0. The number of benzene rings is 1. The minimum atomic E-state index is -0.846. The summed E-state index contributed by atoms with van der Waals surface area (Å²) >= 11 is 0. The Bertz CT molecular complexity index is 578. The van der Waals surface area contributed by atoms with Gasteiger partial charge in [-0.2, -0.15) is 0 Å². The molecule has 0 saturated heterocycles. The molecule has 0 saturated carbocycles. The molecule has 1 aromatic heterocycles. The second-order valence-electron chi connectivity index (χ2n) is 4.51. The molecule has 0 spiro atoms. The van der Waals surface area contributed by atoms with Crippen molar-refractivity contribution in [1.82, 2.24) is 5.16 Å². The molecule has 1 heterocycles. The summed E-state index contributed by atoms with van der Waals surface area (Å²) < 4.78 is 15.3. The molecule has 0 unspecified atom stereocenters. The number of hydrogen-bond acceptors (Lipinski definition) is 5. The molecular formula is C15H18N2O4. The second kappa shape index (κ2) is 7.33. The van der Waals surface area contributed by atoms with Crippen molar-refractivity contribution in [3.05, 3.63) is 36.1 Å². The zero-order valence-electron chi connectivity index (χ0n) is 11.9. The average molecular weight is 290 g/mol. The number of carbonyl (C=O) groups excluding carboxylic acids is 1. The maximum atomic E-state index is 10.5. The van der Waals surface area contributed by atoms with Gasteiger partial charge in [-0.05, 0) is 30.7 Å². The van der Waals surface area contributed by atoms with Crippen LogP contribution >= 0.6 is 0 Å². The molecule has 112 valence electrons. The van der Waals surface area contributed by atoms with Crippen LogP contribution in [-0.2, 0) is 11.3 Å². The lowest BCUT2D eigenvalue weighted by molar-refractivity contribution is 0.137. The first-order valence-electron chi connectivity index (χ1n) is 6.80. The standard InChI is InChI=1S/C15H18N2O4/c1-2-3-8-19-12-6-4-11(5-7-12)14-9-13(21-17-14)10-20-15(16)18/h4-7,9H,2-3,8,10H2,1H3,(H2,16,18). The molecule has 21 heavy (non-hydrogen) atoms. The molecule has 0 aliphatic heterocycles. The number of nitrogens with two attached hydrogens (primary N) is 1. The lowest BCUT2D eigenvalue weighted by Gasteiger charge is -2.05. The predicted octanol–water partition coefficient (Wildman–Crippen LogP) is 3.12. The Morgan fingerprint density at radius 1 is 1.33 bits per heavy atom. The summed E-state index contributed by atoms with van der Waals surface area (Å²) in [6, 6.07) is 9.28. The highest BCUT2D eigenvalue weighted by molar-refractivity contribution is 5.64. The maximum absolute atomic E-state index is 10.5. The summed E-state index contributed by atoms with van der Waals surface area (Å²) in [5, 5.41) is 3.92. The molecule has 1 aromatic carbocycles. The van der Waals surface area contributed by atoms with Gasteiger partial charge in [0.05, 0.1) is 6.61 Å². The van der Waals surface area contributed by atoms with Crippen molar-refractivity contribution >= 4 is 6.09 Å². The molecule has 2 aromatic rings. The molecule has 0 aliphatic rings. The van der Waals surface area contributed by atoms with E-state index in [1.165, 1.54) is 0 Å². The quantitative estimate of drug-likeness (QED) is 0.791. The summed E-state index contributed by atoms with van der Waals surface area (Å²) in [6.45, 7) is 2.81. The Labute approximate surface area is 122 Å². The van der Waals surface area contributed by atoms with Crippen molar-refractivity contribution in [2.24, 2.45) is 5.73 Å². The normalized spacial score (nSPS) is 10.3. The maximum Gasteiger partial charge on any atom is 0.404 e. The van der Waals surface area contributed by atoms with Crippen LogP contribution in [0.5, 0.6) is 5.75 Å². The SMILES string of the molecule is CCCCOc1ccc(-c2cc(COC(N)=O)on2)cc1. The van der Waals surface area contributed by atoms with Crippen molar-refractivity contribution in [2.75, 3.05) is 6.61 Å². The van der Waals surface area contributed by atoms with Gasteiger partial charge in [0.15, 0.2) is 12.4 Å². The minimum Gasteiger partial charge on any atom is -0.494 e. The minimum absolute atomic E-state index is 0.0272. The number of aromatic nitrogens is 1. The number of carbonyl (C=O) groups is 1. The van der Waals surface area contributed by atoms with Gasteiger partial charge in [-0.15, -0.1) is 0 Å². The van der Waals surface area contributed by atoms with Crippen LogP contribution in [0.4, 0.5) is 4.79 Å². The van der Waals surface area contributed by atoms with Crippen LogP contribution in [0.3, 0.4) is 0 Å². The molecule has 1 amide bonds. The largest absolute Gasteiger partial charge is 0.494 e. The van der Waals surface area contributed by atoms with Gasteiger partial charge >= 0.3 is 6.09 Å². The van der Waals surface area contributed by atoms with E-state index in [1.807, 2.05) is 24.3 Å². The van der Waals surface area contributed by atoms with Crippen LogP contribution < -0.4 is 10.5 Å². The highest BCUT2D eigenvalue weighted by Gasteiger charge is 2.08. The molecular weight excluding hydrogens is 272 g/mol. The van der Waals surface area contributed by atoms with E-state index in [9.17, 15) is 4.79 Å². The number of hydrogen-bond donors (Lipinski definition) is 1. The summed E-state index contributed by atoms with van der Waals surface area (Å²) in [4.78, 5) is 10.5. The Kier molecular flexibility index (Phi) is 5.20. The van der Waals surface area contributed by atoms with E-state index in [0.29, 0.717) is 18.1 Å². The predicted molar refractivity (Wildman–Crippen MR) is 76.7 cm³/mol. The van der Waals surface area contributed by atoms with E-state index >= 15 is 0 Å². The number of amides is 1. The third-order valence-corrected chi connectivity index (χ3v) is 2.83. The molecule has 0 fully saturated rings. The van der Waals surface area contributed by atoms with E-state index in [-0.39, 0.29) is 6.61 Å². The number of rotatable bonds is 7. The van der Waals surface area contributed by atoms with Crippen molar-refractivity contribution in [3.63, 3.8) is 0 Å². The van der Waals surface area contributed by atoms with Gasteiger partial charge in [-0.3, -0.25) is 0 Å². The molecule has 0 radical (unpaired) electrons. The van der Waals surface area contributed by atoms with Crippen LogP contribution in [0, 0.1) is 0 Å². The lowest BCUT2D eigenvalue weighted by atomic mass is 10.1. The van der Waals surface area contributed by atoms with Crippen LogP contribution in [0.2, 0.25) is 0 Å². The monoisotopic (exact) mass is 290 g/mol. The van der Waals surface area contributed by atoms with Crippen molar-refractivity contribution in [3.8, 4) is 17.0 Å². The van der Waals surface area contributed by atoms with Gasteiger partial charge in [-0.25, -0.2) is 4.79 Å². The van der Waals surface area contributed by atoms with Gasteiger partial charge in [0.1, 0.15) is 11.4 Å². The number of primary amides is 1. The summed E-state index contributed by atoms with van der Waals surface area (Å²) in [5.74, 6) is 1.26. The van der Waals surface area contributed by atoms with Gasteiger partial charge in [0.25, 0.3) is 0 Å². The highest BCUT2D eigenvalue weighted by Crippen LogP contribution is 2.22. The molecule has 0 aliphatic carbocycles. The van der Waals surface area contributed by atoms with E-state index in [1.54, 1.807) is 6.07 Å². The van der Waals surface area contributed by atoms with Gasteiger partial charge in [0, 0.05) is 11.6 Å². The Hall–Kier alpha value is -2.50. The van der Waals surface area contributed by atoms with E-state index in [2.05, 4.69) is 16.8 Å². The first-order valence-corrected chi connectivity index (χ1v) is 6.80. The fraction of sp³-hybridized carbons (Fsp3) is 0.333. The average Bonchev–Trinajstić information content (AvgIpc) is 2.95. The van der Waals surface area contributed by atoms with Gasteiger partial charge in [-0.1, -0.05) is 18.5 Å². The molecule has 0 bridgehead atoms. The van der Waals surface area contributed by atoms with E-state index in [4.69, 9.17) is 15.0 Å². The van der Waals surface area contributed by atoms with Crippen LogP contribution in [-0.4, -0.2) is 17.9 Å². The van der Waals surface area contributed by atoms with Crippen molar-refractivity contribution in [2.45, 2.75) is 26.4 Å². The van der Waals surface area contributed by atoms with Gasteiger partial charge in [0.2, 0.25) is 0 Å². The Balaban J connectivity index is 1.96. The molecule has 6 heteroatoms. The topological polar surface area (TPSA) is 87.6 Å². The lowest BCUT2D eigenvalue weighted by Crippen LogP contribution is -2.12.